The second-order valence-corrected chi connectivity index (χ2v) is 3.67. The summed E-state index contributed by atoms with van der Waals surface area (Å²) in [6, 6.07) is 1.86. The summed E-state index contributed by atoms with van der Waals surface area (Å²) in [5, 5.41) is 12.8. The Bertz CT molecular complexity index is 514. The van der Waals surface area contributed by atoms with Gasteiger partial charge in [-0.1, -0.05) is 13.2 Å². The molecule has 0 N–H and O–H groups in total. The van der Waals surface area contributed by atoms with E-state index in [4.69, 9.17) is 5.26 Å². The van der Waals surface area contributed by atoms with Crippen LogP contribution in [0.15, 0.2) is 30.0 Å². The highest BCUT2D eigenvalue weighted by molar-refractivity contribution is 6.09. The molecule has 0 bridgehead atoms. The maximum atomic E-state index is 8.52. The molecule has 1 aliphatic rings. The van der Waals surface area contributed by atoms with E-state index in [9.17, 15) is 0 Å². The Balaban J connectivity index is 2.19. The maximum absolute atomic E-state index is 8.52. The summed E-state index contributed by atoms with van der Waals surface area (Å²) in [6.45, 7) is 8.38. The lowest BCUT2D eigenvalue weighted by Crippen LogP contribution is -1.94. The quantitative estimate of drug-likeness (QED) is 0.568. The maximum Gasteiger partial charge on any atom is 0.133 e. The van der Waals surface area contributed by atoms with E-state index in [1.807, 2.05) is 10.8 Å². The Labute approximate surface area is 94.2 Å². The second-order valence-electron chi connectivity index (χ2n) is 3.67. The largest absolute Gasteiger partial charge is 0.269 e. The Morgan fingerprint density at radius 3 is 3.19 bits per heavy atom. The fraction of sp³-hybridized carbons (Fsp3) is 0.250. The third-order valence-corrected chi connectivity index (χ3v) is 2.58. The summed E-state index contributed by atoms with van der Waals surface area (Å²) < 4.78 is 1.99. The van der Waals surface area contributed by atoms with Gasteiger partial charge in [-0.2, -0.15) is 10.4 Å². The number of allylic oxidation sites excluding steroid dienone is 2. The third kappa shape index (κ3) is 1.80. The summed E-state index contributed by atoms with van der Waals surface area (Å²) in [6.07, 6.45) is 5.53. The first kappa shape index (κ1) is 10.4. The van der Waals surface area contributed by atoms with Crippen LogP contribution in [0.2, 0.25) is 0 Å². The molecule has 1 aliphatic heterocycles. The Morgan fingerprint density at radius 1 is 1.62 bits per heavy atom. The van der Waals surface area contributed by atoms with E-state index in [-0.39, 0.29) is 5.70 Å². The molecule has 1 aromatic rings. The van der Waals surface area contributed by atoms with E-state index in [0.717, 1.165) is 30.5 Å². The predicted octanol–water partition coefficient (Wildman–Crippen LogP) is 1.95. The first-order valence-electron chi connectivity index (χ1n) is 5.09. The molecule has 0 saturated carbocycles. The summed E-state index contributed by atoms with van der Waals surface area (Å²) >= 11 is 0. The van der Waals surface area contributed by atoms with Crippen LogP contribution in [0.1, 0.15) is 17.7 Å². The zero-order valence-electron chi connectivity index (χ0n) is 8.98. The van der Waals surface area contributed by atoms with Gasteiger partial charge in [0.1, 0.15) is 11.8 Å². The van der Waals surface area contributed by atoms with Gasteiger partial charge in [-0.15, -0.1) is 0 Å². The monoisotopic (exact) mass is 212 g/mol. The first-order valence-corrected chi connectivity index (χ1v) is 5.09. The van der Waals surface area contributed by atoms with Crippen LogP contribution in [0, 0.1) is 11.3 Å². The van der Waals surface area contributed by atoms with Crippen LogP contribution in [-0.4, -0.2) is 16.0 Å². The normalized spacial score (nSPS) is 13.7. The Morgan fingerprint density at radius 2 is 2.44 bits per heavy atom. The highest BCUT2D eigenvalue weighted by Gasteiger charge is 2.16. The number of aliphatic imine (C=N–C) groups is 1. The number of hydrogen-bond acceptors (Lipinski definition) is 3. The van der Waals surface area contributed by atoms with Crippen molar-refractivity contribution in [1.29, 1.82) is 5.26 Å². The van der Waals surface area contributed by atoms with Gasteiger partial charge in [-0.25, -0.2) is 4.99 Å². The summed E-state index contributed by atoms with van der Waals surface area (Å²) in [5.41, 5.74) is 3.19. The molecular weight excluding hydrogens is 200 g/mol. The van der Waals surface area contributed by atoms with Gasteiger partial charge < -0.3 is 0 Å². The van der Waals surface area contributed by atoms with Crippen LogP contribution >= 0.6 is 0 Å². The molecule has 80 valence electrons. The standard InChI is InChI=1S/C12H12N4/c1-9(7-14-10(2)6-13)11-8-15-16-5-3-4-12(11)16/h7-8H,1-5H2. The fourth-order valence-electron chi connectivity index (χ4n) is 1.79. The van der Waals surface area contributed by atoms with Crippen LogP contribution in [0.25, 0.3) is 5.57 Å². The highest BCUT2D eigenvalue weighted by atomic mass is 15.3. The number of rotatable bonds is 3. The molecule has 1 aromatic heterocycles. The Kier molecular flexibility index (Phi) is 2.69. The molecular formula is C12H12N4. The van der Waals surface area contributed by atoms with Gasteiger partial charge >= 0.3 is 0 Å². The predicted molar refractivity (Wildman–Crippen MR) is 62.8 cm³/mol. The van der Waals surface area contributed by atoms with E-state index < -0.39 is 0 Å². The summed E-state index contributed by atoms with van der Waals surface area (Å²) in [5.74, 6) is 0. The molecule has 16 heavy (non-hydrogen) atoms. The smallest absolute Gasteiger partial charge is 0.133 e. The minimum absolute atomic E-state index is 0.185. The minimum Gasteiger partial charge on any atom is -0.269 e. The van der Waals surface area contributed by atoms with E-state index in [1.54, 1.807) is 12.4 Å². The van der Waals surface area contributed by atoms with Crippen LogP contribution in [0.3, 0.4) is 0 Å². The van der Waals surface area contributed by atoms with Crippen molar-refractivity contribution in [2.24, 2.45) is 4.99 Å². The number of aryl methyl sites for hydroxylation is 1. The van der Waals surface area contributed by atoms with Crippen molar-refractivity contribution in [2.45, 2.75) is 19.4 Å². The molecule has 0 amide bonds. The van der Waals surface area contributed by atoms with Crippen molar-refractivity contribution in [3.8, 4) is 6.07 Å². The average molecular weight is 212 g/mol. The van der Waals surface area contributed by atoms with Crippen molar-refractivity contribution < 1.29 is 0 Å². The lowest BCUT2D eigenvalue weighted by atomic mass is 10.1. The lowest BCUT2D eigenvalue weighted by Gasteiger charge is -1.98. The topological polar surface area (TPSA) is 54.0 Å². The summed E-state index contributed by atoms with van der Waals surface area (Å²) in [4.78, 5) is 3.91. The molecule has 4 nitrogen and oxygen atoms in total. The van der Waals surface area contributed by atoms with Crippen LogP contribution in [0.5, 0.6) is 0 Å². The molecule has 0 spiro atoms. The van der Waals surface area contributed by atoms with Gasteiger partial charge in [-0.3, -0.25) is 4.68 Å². The SMILES string of the molecule is C=C(C#N)N=CC(=C)c1cnn2c1CCC2. The number of fused-ring (bicyclic) bond motifs is 1. The number of nitrogens with zero attached hydrogens (tertiary/aromatic N) is 4. The van der Waals surface area contributed by atoms with E-state index in [1.165, 1.54) is 5.69 Å². The van der Waals surface area contributed by atoms with Crippen LogP contribution in [0.4, 0.5) is 0 Å². The zero-order valence-corrected chi connectivity index (χ0v) is 8.98. The average Bonchev–Trinajstić information content (AvgIpc) is 2.86. The number of hydrogen-bond donors (Lipinski definition) is 0. The molecule has 0 fully saturated rings. The Hall–Kier alpha value is -2.15. The van der Waals surface area contributed by atoms with Crippen molar-refractivity contribution in [3.05, 3.63) is 36.3 Å². The zero-order chi connectivity index (χ0) is 11.5. The van der Waals surface area contributed by atoms with Gasteiger partial charge in [0, 0.05) is 24.0 Å². The van der Waals surface area contributed by atoms with Crippen molar-refractivity contribution in [1.82, 2.24) is 9.78 Å². The van der Waals surface area contributed by atoms with Gasteiger partial charge in [0.2, 0.25) is 0 Å². The number of nitriles is 1. The van der Waals surface area contributed by atoms with E-state index in [0.29, 0.717) is 0 Å². The molecule has 2 heterocycles. The fourth-order valence-corrected chi connectivity index (χ4v) is 1.79. The summed E-state index contributed by atoms with van der Waals surface area (Å²) in [7, 11) is 0. The van der Waals surface area contributed by atoms with Crippen LogP contribution in [-0.2, 0) is 13.0 Å². The van der Waals surface area contributed by atoms with Gasteiger partial charge in [0.25, 0.3) is 0 Å². The van der Waals surface area contributed by atoms with E-state index in [2.05, 4.69) is 23.2 Å². The highest BCUT2D eigenvalue weighted by Crippen LogP contribution is 2.22. The molecule has 4 heteroatoms. The van der Waals surface area contributed by atoms with Crippen LogP contribution < -0.4 is 0 Å². The van der Waals surface area contributed by atoms with Crippen molar-refractivity contribution >= 4 is 11.8 Å². The minimum atomic E-state index is 0.185. The third-order valence-electron chi connectivity index (χ3n) is 2.58. The molecule has 0 radical (unpaired) electrons. The lowest BCUT2D eigenvalue weighted by molar-refractivity contribution is 0.656. The van der Waals surface area contributed by atoms with Gasteiger partial charge in [0.05, 0.1) is 6.20 Å². The molecule has 0 atom stereocenters. The van der Waals surface area contributed by atoms with Gasteiger partial charge in [0.15, 0.2) is 0 Å². The second kappa shape index (κ2) is 4.15. The van der Waals surface area contributed by atoms with E-state index >= 15 is 0 Å². The van der Waals surface area contributed by atoms with Gasteiger partial charge in [-0.05, 0) is 18.4 Å². The van der Waals surface area contributed by atoms with Crippen molar-refractivity contribution in [2.75, 3.05) is 0 Å². The molecule has 0 aromatic carbocycles. The first-order chi connectivity index (χ1) is 7.72. The molecule has 0 unspecified atom stereocenters. The molecule has 2 rings (SSSR count). The van der Waals surface area contributed by atoms with Crippen molar-refractivity contribution in [3.63, 3.8) is 0 Å². The number of aromatic nitrogens is 2. The molecule has 0 aliphatic carbocycles. The molecule has 0 saturated heterocycles.